The molecule has 1 aromatic heterocycles. The summed E-state index contributed by atoms with van der Waals surface area (Å²) in [6, 6.07) is 14.7. The SMILES string of the molecule is Cc1ccc(C)c(Cn2ccc3c(Cl)cccc32)c1. The Balaban J connectivity index is 2.06. The van der Waals surface area contributed by atoms with Crippen molar-refractivity contribution in [1.29, 1.82) is 0 Å². The summed E-state index contributed by atoms with van der Waals surface area (Å²) in [6.45, 7) is 5.18. The average Bonchev–Trinajstić information content (AvgIpc) is 2.79. The van der Waals surface area contributed by atoms with Crippen molar-refractivity contribution in [2.75, 3.05) is 0 Å². The first kappa shape index (κ1) is 12.3. The third-order valence-electron chi connectivity index (χ3n) is 3.61. The Bertz CT molecular complexity index is 740. The second-order valence-electron chi connectivity index (χ2n) is 5.05. The largest absolute Gasteiger partial charge is 0.343 e. The molecule has 0 fully saturated rings. The highest BCUT2D eigenvalue weighted by atomic mass is 35.5. The minimum Gasteiger partial charge on any atom is -0.343 e. The quantitative estimate of drug-likeness (QED) is 0.620. The molecule has 0 bridgehead atoms. The molecule has 0 aliphatic heterocycles. The monoisotopic (exact) mass is 269 g/mol. The van der Waals surface area contributed by atoms with Gasteiger partial charge in [-0.2, -0.15) is 0 Å². The predicted octanol–water partition coefficient (Wildman–Crippen LogP) is 4.96. The van der Waals surface area contributed by atoms with Crippen molar-refractivity contribution in [2.24, 2.45) is 0 Å². The number of hydrogen-bond donors (Lipinski definition) is 0. The number of aryl methyl sites for hydroxylation is 2. The molecular weight excluding hydrogens is 254 g/mol. The zero-order valence-corrected chi connectivity index (χ0v) is 11.9. The highest BCUT2D eigenvalue weighted by Crippen LogP contribution is 2.25. The molecule has 0 aliphatic carbocycles. The normalized spacial score (nSPS) is 11.1. The minimum atomic E-state index is 0.817. The van der Waals surface area contributed by atoms with Crippen molar-refractivity contribution in [2.45, 2.75) is 20.4 Å². The van der Waals surface area contributed by atoms with Gasteiger partial charge in [0.2, 0.25) is 0 Å². The van der Waals surface area contributed by atoms with E-state index >= 15 is 0 Å². The Labute approximate surface area is 118 Å². The van der Waals surface area contributed by atoms with Gasteiger partial charge in [-0.05, 0) is 43.2 Å². The number of halogens is 1. The molecule has 0 spiro atoms. The van der Waals surface area contributed by atoms with Crippen molar-refractivity contribution in [1.82, 2.24) is 4.57 Å². The Morgan fingerprint density at radius 2 is 1.89 bits per heavy atom. The summed E-state index contributed by atoms with van der Waals surface area (Å²) >= 11 is 6.22. The molecule has 0 aliphatic rings. The van der Waals surface area contributed by atoms with Crippen LogP contribution in [0.2, 0.25) is 5.02 Å². The van der Waals surface area contributed by atoms with Crippen LogP contribution in [-0.2, 0) is 6.54 Å². The second kappa shape index (κ2) is 4.75. The lowest BCUT2D eigenvalue weighted by atomic mass is 10.1. The zero-order valence-electron chi connectivity index (χ0n) is 11.2. The lowest BCUT2D eigenvalue weighted by molar-refractivity contribution is 0.829. The molecular formula is C17H16ClN. The highest BCUT2D eigenvalue weighted by molar-refractivity contribution is 6.35. The fourth-order valence-electron chi connectivity index (χ4n) is 2.48. The maximum atomic E-state index is 6.22. The maximum absolute atomic E-state index is 6.22. The van der Waals surface area contributed by atoms with E-state index in [9.17, 15) is 0 Å². The van der Waals surface area contributed by atoms with Crippen molar-refractivity contribution in [3.05, 3.63) is 70.4 Å². The summed E-state index contributed by atoms with van der Waals surface area (Å²) in [4.78, 5) is 0. The zero-order chi connectivity index (χ0) is 13.4. The van der Waals surface area contributed by atoms with Gasteiger partial charge < -0.3 is 4.57 Å². The van der Waals surface area contributed by atoms with Crippen LogP contribution in [0.4, 0.5) is 0 Å². The van der Waals surface area contributed by atoms with Crippen molar-refractivity contribution in [3.63, 3.8) is 0 Å². The van der Waals surface area contributed by atoms with Crippen LogP contribution < -0.4 is 0 Å². The number of aromatic nitrogens is 1. The van der Waals surface area contributed by atoms with Crippen molar-refractivity contribution >= 4 is 22.5 Å². The topological polar surface area (TPSA) is 4.93 Å². The molecule has 96 valence electrons. The molecule has 0 N–H and O–H groups in total. The van der Waals surface area contributed by atoms with Gasteiger partial charge in [-0.25, -0.2) is 0 Å². The van der Waals surface area contributed by atoms with E-state index in [1.54, 1.807) is 0 Å². The number of benzene rings is 2. The minimum absolute atomic E-state index is 0.817. The van der Waals surface area contributed by atoms with Gasteiger partial charge >= 0.3 is 0 Å². The molecule has 3 rings (SSSR count). The molecule has 19 heavy (non-hydrogen) atoms. The summed E-state index contributed by atoms with van der Waals surface area (Å²) in [7, 11) is 0. The molecule has 0 saturated carbocycles. The lowest BCUT2D eigenvalue weighted by Gasteiger charge is -2.10. The number of rotatable bonds is 2. The summed E-state index contributed by atoms with van der Waals surface area (Å²) in [6.07, 6.45) is 2.11. The third kappa shape index (κ3) is 2.26. The number of fused-ring (bicyclic) bond motifs is 1. The van der Waals surface area contributed by atoms with Gasteiger partial charge in [0.15, 0.2) is 0 Å². The molecule has 3 aromatic rings. The lowest BCUT2D eigenvalue weighted by Crippen LogP contribution is -2.00. The van der Waals surface area contributed by atoms with E-state index in [0.717, 1.165) is 17.0 Å². The number of nitrogens with zero attached hydrogens (tertiary/aromatic N) is 1. The van der Waals surface area contributed by atoms with Gasteiger partial charge in [-0.3, -0.25) is 0 Å². The van der Waals surface area contributed by atoms with Crippen molar-refractivity contribution < 1.29 is 0 Å². The Kier molecular flexibility index (Phi) is 3.08. The van der Waals surface area contributed by atoms with E-state index in [1.165, 1.54) is 22.2 Å². The summed E-state index contributed by atoms with van der Waals surface area (Å²) < 4.78 is 2.25. The van der Waals surface area contributed by atoms with E-state index in [-0.39, 0.29) is 0 Å². The highest BCUT2D eigenvalue weighted by Gasteiger charge is 2.06. The van der Waals surface area contributed by atoms with Gasteiger partial charge in [0.25, 0.3) is 0 Å². The Hall–Kier alpha value is -1.73. The van der Waals surface area contributed by atoms with E-state index in [1.807, 2.05) is 12.1 Å². The molecule has 0 radical (unpaired) electrons. The second-order valence-corrected chi connectivity index (χ2v) is 5.45. The van der Waals surface area contributed by atoms with Crippen LogP contribution in [0, 0.1) is 13.8 Å². The molecule has 1 nitrogen and oxygen atoms in total. The van der Waals surface area contributed by atoms with Crippen LogP contribution in [-0.4, -0.2) is 4.57 Å². The van der Waals surface area contributed by atoms with E-state index in [2.05, 4.69) is 54.9 Å². The van der Waals surface area contributed by atoms with Crippen LogP contribution in [0.1, 0.15) is 16.7 Å². The fourth-order valence-corrected chi connectivity index (χ4v) is 2.71. The third-order valence-corrected chi connectivity index (χ3v) is 3.94. The first-order valence-corrected chi connectivity index (χ1v) is 6.82. The smallest absolute Gasteiger partial charge is 0.0499 e. The molecule has 0 saturated heterocycles. The maximum Gasteiger partial charge on any atom is 0.0499 e. The van der Waals surface area contributed by atoms with Crippen LogP contribution in [0.3, 0.4) is 0 Å². The molecule has 0 amide bonds. The van der Waals surface area contributed by atoms with E-state index in [0.29, 0.717) is 0 Å². The first-order chi connectivity index (χ1) is 9.15. The predicted molar refractivity (Wildman–Crippen MR) is 82.0 cm³/mol. The summed E-state index contributed by atoms with van der Waals surface area (Å²) in [5.74, 6) is 0. The average molecular weight is 270 g/mol. The molecule has 0 unspecified atom stereocenters. The summed E-state index contributed by atoms with van der Waals surface area (Å²) in [5, 5.41) is 1.94. The molecule has 2 aromatic carbocycles. The van der Waals surface area contributed by atoms with Crippen LogP contribution in [0.15, 0.2) is 48.7 Å². The van der Waals surface area contributed by atoms with E-state index < -0.39 is 0 Å². The standard InChI is InChI=1S/C17H16ClN/c1-12-6-7-13(2)14(10-12)11-19-9-8-15-16(18)4-3-5-17(15)19/h3-10H,11H2,1-2H3. The molecule has 1 heterocycles. The van der Waals surface area contributed by atoms with Gasteiger partial charge in [0.05, 0.1) is 0 Å². The van der Waals surface area contributed by atoms with E-state index in [4.69, 9.17) is 11.6 Å². The van der Waals surface area contributed by atoms with Gasteiger partial charge in [0, 0.05) is 28.7 Å². The Morgan fingerprint density at radius 3 is 2.74 bits per heavy atom. The Morgan fingerprint density at radius 1 is 1.05 bits per heavy atom. The molecule has 0 atom stereocenters. The van der Waals surface area contributed by atoms with Gasteiger partial charge in [0.1, 0.15) is 0 Å². The van der Waals surface area contributed by atoms with Gasteiger partial charge in [-0.15, -0.1) is 0 Å². The fraction of sp³-hybridized carbons (Fsp3) is 0.176. The van der Waals surface area contributed by atoms with Crippen LogP contribution in [0.5, 0.6) is 0 Å². The first-order valence-electron chi connectivity index (χ1n) is 6.44. The van der Waals surface area contributed by atoms with Gasteiger partial charge in [-0.1, -0.05) is 41.4 Å². The summed E-state index contributed by atoms with van der Waals surface area (Å²) in [5.41, 5.74) is 5.18. The van der Waals surface area contributed by atoms with Crippen LogP contribution >= 0.6 is 11.6 Å². The van der Waals surface area contributed by atoms with Crippen LogP contribution in [0.25, 0.3) is 10.9 Å². The number of hydrogen-bond acceptors (Lipinski definition) is 0. The van der Waals surface area contributed by atoms with Crippen molar-refractivity contribution in [3.8, 4) is 0 Å². The molecule has 2 heteroatoms.